The zero-order chi connectivity index (χ0) is 25.6. The van der Waals surface area contributed by atoms with Crippen LogP contribution in [0, 0.1) is 0 Å². The highest BCUT2D eigenvalue weighted by atomic mass is 35.6. The van der Waals surface area contributed by atoms with E-state index in [1.165, 1.54) is 16.8 Å². The Kier molecular flexibility index (Phi) is 9.35. The second kappa shape index (κ2) is 12.0. The molecule has 2 amide bonds. The van der Waals surface area contributed by atoms with Gasteiger partial charge in [0.15, 0.2) is 0 Å². The van der Waals surface area contributed by atoms with E-state index >= 15 is 0 Å². The van der Waals surface area contributed by atoms with Gasteiger partial charge in [0.25, 0.3) is 5.91 Å². The minimum atomic E-state index is -1.79. The Bertz CT molecular complexity index is 1090. The Morgan fingerprint density at radius 1 is 1.03 bits per heavy atom. The first kappa shape index (κ1) is 27.2. The number of para-hydroxylation sites is 1. The third kappa shape index (κ3) is 7.54. The smallest absolute Gasteiger partial charge is 0.355 e. The van der Waals surface area contributed by atoms with E-state index < -0.39 is 33.7 Å². The van der Waals surface area contributed by atoms with Crippen LogP contribution in [0.5, 0.6) is 0 Å². The lowest BCUT2D eigenvalue weighted by Gasteiger charge is -2.46. The van der Waals surface area contributed by atoms with Gasteiger partial charge in [-0.05, 0) is 49.1 Å². The number of anilines is 1. The molecule has 186 valence electrons. The van der Waals surface area contributed by atoms with Crippen LogP contribution in [0.4, 0.5) is 5.69 Å². The normalized spacial score (nSPS) is 17.3. The Morgan fingerprint density at radius 3 is 2.20 bits per heavy atom. The van der Waals surface area contributed by atoms with Gasteiger partial charge in [0.1, 0.15) is 23.7 Å². The van der Waals surface area contributed by atoms with Crippen molar-refractivity contribution in [3.05, 3.63) is 77.5 Å². The van der Waals surface area contributed by atoms with Gasteiger partial charge in [0.05, 0.1) is 6.42 Å². The number of amides is 2. The fraction of sp³-hybridized carbons (Fsp3) is 0.292. The van der Waals surface area contributed by atoms with E-state index in [9.17, 15) is 14.4 Å². The van der Waals surface area contributed by atoms with Gasteiger partial charge in [0.2, 0.25) is 9.70 Å². The van der Waals surface area contributed by atoms with Crippen molar-refractivity contribution in [2.24, 2.45) is 0 Å². The summed E-state index contributed by atoms with van der Waals surface area (Å²) in [5.41, 5.74) is 2.18. The first-order valence-corrected chi connectivity index (χ1v) is 12.6. The number of hydrogen-bond acceptors (Lipinski definition) is 6. The molecule has 1 aliphatic rings. The van der Waals surface area contributed by atoms with E-state index in [1.807, 2.05) is 60.7 Å². The summed E-state index contributed by atoms with van der Waals surface area (Å²) in [6.45, 7) is 2.87. The molecule has 1 heterocycles. The molecule has 11 heteroatoms. The molecule has 0 bridgehead atoms. The first-order valence-electron chi connectivity index (χ1n) is 10.6. The molecule has 2 atom stereocenters. The maximum absolute atomic E-state index is 13.2. The summed E-state index contributed by atoms with van der Waals surface area (Å²) in [6.07, 6.45) is 0.120. The minimum absolute atomic E-state index is 0.0326. The number of halogens is 3. The van der Waals surface area contributed by atoms with Crippen LogP contribution in [0.3, 0.4) is 0 Å². The van der Waals surface area contributed by atoms with Crippen LogP contribution < -0.4 is 10.0 Å². The van der Waals surface area contributed by atoms with Crippen molar-refractivity contribution in [1.82, 2.24) is 10.2 Å². The number of β-lactam (4-membered cyclic amide) rings is 1. The van der Waals surface area contributed by atoms with Crippen molar-refractivity contribution in [2.75, 3.05) is 11.3 Å². The molecule has 0 aromatic heterocycles. The summed E-state index contributed by atoms with van der Waals surface area (Å²) >= 11 is 18.3. The Hall–Kier alpha value is -2.39. The number of likely N-dealkylation sites (tertiary alicyclic amines) is 1. The number of esters is 1. The predicted molar refractivity (Wildman–Crippen MR) is 140 cm³/mol. The monoisotopic (exact) mass is 555 g/mol. The molecule has 0 saturated carbocycles. The summed E-state index contributed by atoms with van der Waals surface area (Å²) in [6, 6.07) is 17.7. The molecule has 3 rings (SSSR count). The predicted octanol–water partition coefficient (Wildman–Crippen LogP) is 4.85. The van der Waals surface area contributed by atoms with Gasteiger partial charge in [-0.1, -0.05) is 83.3 Å². The molecule has 2 aromatic rings. The molecular formula is C24H24Cl3N3O4S. The molecule has 2 aromatic carbocycles. The van der Waals surface area contributed by atoms with E-state index in [1.54, 1.807) is 13.8 Å². The van der Waals surface area contributed by atoms with Crippen LogP contribution in [-0.4, -0.2) is 44.5 Å². The topological polar surface area (TPSA) is 87.7 Å². The highest BCUT2D eigenvalue weighted by molar-refractivity contribution is 8.01. The molecule has 2 N–H and O–H groups in total. The largest absolute Gasteiger partial charge is 0.456 e. The second-order valence-electron chi connectivity index (χ2n) is 7.93. The molecule has 1 aliphatic heterocycles. The van der Waals surface area contributed by atoms with Crippen LogP contribution in [-0.2, 0) is 25.5 Å². The lowest BCUT2D eigenvalue weighted by molar-refractivity contribution is -0.152. The molecule has 1 fully saturated rings. The maximum Gasteiger partial charge on any atom is 0.355 e. The van der Waals surface area contributed by atoms with E-state index in [0.29, 0.717) is 5.57 Å². The molecule has 0 aliphatic carbocycles. The van der Waals surface area contributed by atoms with Crippen LogP contribution in [0.25, 0.3) is 0 Å². The Balaban J connectivity index is 1.79. The highest BCUT2D eigenvalue weighted by Crippen LogP contribution is 2.36. The van der Waals surface area contributed by atoms with Gasteiger partial charge in [-0.3, -0.25) is 14.5 Å². The number of carbonyl (C=O) groups is 3. The van der Waals surface area contributed by atoms with Gasteiger partial charge in [-0.25, -0.2) is 4.79 Å². The van der Waals surface area contributed by atoms with Crippen molar-refractivity contribution in [2.45, 2.75) is 35.5 Å². The number of ether oxygens (including phenoxy) is 1. The van der Waals surface area contributed by atoms with Gasteiger partial charge in [-0.15, -0.1) is 0 Å². The van der Waals surface area contributed by atoms with Gasteiger partial charge in [-0.2, -0.15) is 0 Å². The number of nitrogens with zero attached hydrogens (tertiary/aromatic N) is 1. The van der Waals surface area contributed by atoms with Crippen LogP contribution in [0.1, 0.15) is 19.4 Å². The number of rotatable bonds is 9. The summed E-state index contributed by atoms with van der Waals surface area (Å²) in [5, 5.41) is 2.16. The third-order valence-electron chi connectivity index (χ3n) is 4.91. The van der Waals surface area contributed by atoms with Crippen LogP contribution in [0.15, 0.2) is 71.9 Å². The van der Waals surface area contributed by atoms with E-state index in [-0.39, 0.29) is 18.0 Å². The average Bonchev–Trinajstić information content (AvgIpc) is 2.81. The zero-order valence-corrected chi connectivity index (χ0v) is 22.0. The second-order valence-corrected chi connectivity index (χ2v) is 11.4. The van der Waals surface area contributed by atoms with Crippen LogP contribution in [0.2, 0.25) is 0 Å². The number of alkyl halides is 3. The molecule has 35 heavy (non-hydrogen) atoms. The quantitative estimate of drug-likeness (QED) is 0.151. The van der Waals surface area contributed by atoms with E-state index in [2.05, 4.69) is 10.0 Å². The lowest BCUT2D eigenvalue weighted by Crippen LogP contribution is -2.70. The molecule has 7 nitrogen and oxygen atoms in total. The molecule has 0 radical (unpaired) electrons. The molecule has 1 saturated heterocycles. The number of allylic oxidation sites excluding steroid dienone is 1. The van der Waals surface area contributed by atoms with Crippen molar-refractivity contribution in [3.63, 3.8) is 0 Å². The fourth-order valence-corrected chi connectivity index (χ4v) is 4.55. The van der Waals surface area contributed by atoms with E-state index in [4.69, 9.17) is 39.5 Å². The third-order valence-corrected chi connectivity index (χ3v) is 6.32. The summed E-state index contributed by atoms with van der Waals surface area (Å²) in [5.74, 6) is -1.55. The van der Waals surface area contributed by atoms with Crippen molar-refractivity contribution in [1.29, 1.82) is 0 Å². The Morgan fingerprint density at radius 2 is 1.63 bits per heavy atom. The first-order chi connectivity index (χ1) is 16.6. The van der Waals surface area contributed by atoms with Crippen LogP contribution >= 0.6 is 46.8 Å². The number of hydrogen-bond donors (Lipinski definition) is 2. The fourth-order valence-electron chi connectivity index (χ4n) is 3.35. The standard InChI is InChI=1S/C24H24Cl3N3O4S/c1-15(2)20(23(33)34-14-24(25,26)27)30-21(32)19(22(30)35-29-17-11-7-4-8-12-17)28-18(31)13-16-9-5-3-6-10-16/h3-12,19,22,29H,13-14H2,1-2H3,(H,28,31). The average molecular weight is 557 g/mol. The van der Waals surface area contributed by atoms with Crippen molar-refractivity contribution >= 4 is 70.2 Å². The Labute approximate surface area is 223 Å². The van der Waals surface area contributed by atoms with Crippen molar-refractivity contribution in [3.8, 4) is 0 Å². The lowest BCUT2D eigenvalue weighted by atomic mass is 10.0. The minimum Gasteiger partial charge on any atom is -0.456 e. The SMILES string of the molecule is CC(C)=C(C(=O)OCC(Cl)(Cl)Cl)N1C(=O)C(NC(=O)Cc2ccccc2)C1SNc1ccccc1. The molecular weight excluding hydrogens is 533 g/mol. The number of benzene rings is 2. The summed E-state index contributed by atoms with van der Waals surface area (Å²) < 4.78 is 6.52. The summed E-state index contributed by atoms with van der Waals surface area (Å²) in [7, 11) is 0. The van der Waals surface area contributed by atoms with Gasteiger partial charge < -0.3 is 14.8 Å². The van der Waals surface area contributed by atoms with Gasteiger partial charge in [0, 0.05) is 5.69 Å². The van der Waals surface area contributed by atoms with Crippen molar-refractivity contribution < 1.29 is 19.1 Å². The maximum atomic E-state index is 13.2. The molecule has 2 unspecified atom stereocenters. The zero-order valence-electron chi connectivity index (χ0n) is 19.0. The van der Waals surface area contributed by atoms with E-state index in [0.717, 1.165) is 11.3 Å². The van der Waals surface area contributed by atoms with Gasteiger partial charge >= 0.3 is 5.97 Å². The number of carbonyl (C=O) groups excluding carboxylic acids is 3. The summed E-state index contributed by atoms with van der Waals surface area (Å²) in [4.78, 5) is 40.0. The number of nitrogens with one attached hydrogen (secondary N) is 2. The highest BCUT2D eigenvalue weighted by Gasteiger charge is 2.52. The molecule has 0 spiro atoms.